The molecule has 1 fully saturated rings. The van der Waals surface area contributed by atoms with Gasteiger partial charge in [0.25, 0.3) is 0 Å². The Morgan fingerprint density at radius 1 is 1.24 bits per heavy atom. The van der Waals surface area contributed by atoms with Crippen LogP contribution in [0.15, 0.2) is 24.3 Å². The smallest absolute Gasteiger partial charge is 0.115 e. The van der Waals surface area contributed by atoms with Crippen molar-refractivity contribution in [3.8, 4) is 5.75 Å². The molecular weight excluding hydrogens is 258 g/mol. The van der Waals surface area contributed by atoms with E-state index in [1.165, 1.54) is 50.6 Å². The zero-order valence-electron chi connectivity index (χ0n) is 13.9. The lowest BCUT2D eigenvalue weighted by Gasteiger charge is -2.37. The van der Waals surface area contributed by atoms with Gasteiger partial charge in [0.2, 0.25) is 0 Å². The van der Waals surface area contributed by atoms with Crippen molar-refractivity contribution in [1.29, 1.82) is 0 Å². The number of unbranched alkanes of at least 4 members (excludes halogenated alkanes) is 1. The van der Waals surface area contributed by atoms with Gasteiger partial charge in [0, 0.05) is 5.92 Å². The van der Waals surface area contributed by atoms with Gasteiger partial charge in [-0.1, -0.05) is 38.3 Å². The van der Waals surface area contributed by atoms with Gasteiger partial charge in [-0.3, -0.25) is 0 Å². The monoisotopic (exact) mass is 290 g/mol. The molecule has 21 heavy (non-hydrogen) atoms. The van der Waals surface area contributed by atoms with Gasteiger partial charge in [-0.25, -0.2) is 0 Å². The molecule has 1 saturated carbocycles. The van der Waals surface area contributed by atoms with Gasteiger partial charge in [-0.15, -0.1) is 0 Å². The molecule has 118 valence electrons. The fourth-order valence-electron chi connectivity index (χ4n) is 4.06. The molecule has 1 aromatic carbocycles. The molecule has 0 amide bonds. The quantitative estimate of drug-likeness (QED) is 0.826. The fourth-order valence-corrected chi connectivity index (χ4v) is 4.06. The lowest BCUT2D eigenvalue weighted by molar-refractivity contribution is -0.862. The molecule has 3 unspecified atom stereocenters. The van der Waals surface area contributed by atoms with Crippen LogP contribution < -0.4 is 4.90 Å². The number of phenols is 1. The van der Waals surface area contributed by atoms with E-state index in [0.29, 0.717) is 11.7 Å². The third-order valence-corrected chi connectivity index (χ3v) is 5.03. The molecule has 2 N–H and O–H groups in total. The summed E-state index contributed by atoms with van der Waals surface area (Å²) in [5.74, 6) is 2.72. The number of quaternary nitrogens is 1. The fraction of sp³-hybridized carbons (Fsp3) is 0.684. The predicted molar refractivity (Wildman–Crippen MR) is 88.9 cm³/mol. The molecule has 3 atom stereocenters. The number of nitrogens with one attached hydrogen (secondary N) is 1. The summed E-state index contributed by atoms with van der Waals surface area (Å²) in [5, 5.41) is 9.77. The summed E-state index contributed by atoms with van der Waals surface area (Å²) in [6.07, 6.45) is 8.11. The highest BCUT2D eigenvalue weighted by Gasteiger charge is 2.32. The highest BCUT2D eigenvalue weighted by Crippen LogP contribution is 2.42. The van der Waals surface area contributed by atoms with Crippen LogP contribution >= 0.6 is 0 Å². The summed E-state index contributed by atoms with van der Waals surface area (Å²) < 4.78 is 0. The number of aromatic hydroxyl groups is 1. The van der Waals surface area contributed by atoms with Crippen LogP contribution in [0.2, 0.25) is 0 Å². The van der Waals surface area contributed by atoms with Crippen molar-refractivity contribution in [1.82, 2.24) is 0 Å². The van der Waals surface area contributed by atoms with Crippen LogP contribution in [-0.2, 0) is 0 Å². The molecule has 2 rings (SSSR count). The van der Waals surface area contributed by atoms with Gasteiger partial charge in [0.1, 0.15) is 5.75 Å². The van der Waals surface area contributed by atoms with Gasteiger partial charge in [-0.2, -0.15) is 0 Å². The Morgan fingerprint density at radius 2 is 2.05 bits per heavy atom. The van der Waals surface area contributed by atoms with Crippen LogP contribution in [0.25, 0.3) is 0 Å². The average Bonchev–Trinajstić information content (AvgIpc) is 2.44. The summed E-state index contributed by atoms with van der Waals surface area (Å²) in [6.45, 7) is 3.53. The first kappa shape index (κ1) is 16.4. The predicted octanol–water partition coefficient (Wildman–Crippen LogP) is 3.23. The SMILES string of the molecule is CCCCC1CCC(c2cccc(O)c2)C(C[NH+](C)C)C1. The summed E-state index contributed by atoms with van der Waals surface area (Å²) in [4.78, 5) is 1.54. The maximum Gasteiger partial charge on any atom is 0.115 e. The maximum absolute atomic E-state index is 9.77. The molecule has 0 saturated heterocycles. The van der Waals surface area contributed by atoms with Crippen molar-refractivity contribution < 1.29 is 10.0 Å². The summed E-state index contributed by atoms with van der Waals surface area (Å²) in [7, 11) is 4.52. The topological polar surface area (TPSA) is 24.7 Å². The van der Waals surface area contributed by atoms with E-state index in [4.69, 9.17) is 0 Å². The Kier molecular flexibility index (Phi) is 6.10. The molecule has 2 heteroatoms. The van der Waals surface area contributed by atoms with Crippen LogP contribution in [0, 0.1) is 11.8 Å². The second kappa shape index (κ2) is 7.84. The van der Waals surface area contributed by atoms with E-state index >= 15 is 0 Å². The second-order valence-electron chi connectivity index (χ2n) is 7.19. The lowest BCUT2D eigenvalue weighted by atomic mass is 9.70. The highest BCUT2D eigenvalue weighted by molar-refractivity contribution is 5.30. The Bertz CT molecular complexity index is 429. The number of benzene rings is 1. The van der Waals surface area contributed by atoms with Crippen molar-refractivity contribution in [2.45, 2.75) is 51.4 Å². The van der Waals surface area contributed by atoms with Crippen molar-refractivity contribution in [2.24, 2.45) is 11.8 Å². The Morgan fingerprint density at radius 3 is 2.71 bits per heavy atom. The summed E-state index contributed by atoms with van der Waals surface area (Å²) in [6, 6.07) is 7.96. The molecule has 1 aromatic rings. The molecule has 1 aliphatic carbocycles. The average molecular weight is 290 g/mol. The highest BCUT2D eigenvalue weighted by atomic mass is 16.3. The standard InChI is InChI=1S/C19H31NO/c1-4-5-7-15-10-11-19(17(12-15)14-20(2)3)16-8-6-9-18(21)13-16/h6,8-9,13,15,17,19,21H,4-5,7,10-12,14H2,1-3H3/p+1. The van der Waals surface area contributed by atoms with Crippen molar-refractivity contribution in [3.05, 3.63) is 29.8 Å². The molecule has 2 nitrogen and oxygen atoms in total. The van der Waals surface area contributed by atoms with Gasteiger partial charge in [0.15, 0.2) is 0 Å². The number of hydrogen-bond donors (Lipinski definition) is 2. The Hall–Kier alpha value is -1.02. The van der Waals surface area contributed by atoms with Gasteiger partial charge < -0.3 is 10.0 Å². The molecule has 1 aliphatic rings. The van der Waals surface area contributed by atoms with E-state index in [2.05, 4.69) is 27.1 Å². The molecule has 0 bridgehead atoms. The van der Waals surface area contributed by atoms with Crippen LogP contribution in [0.3, 0.4) is 0 Å². The number of rotatable bonds is 6. The van der Waals surface area contributed by atoms with Crippen LogP contribution in [-0.4, -0.2) is 25.7 Å². The summed E-state index contributed by atoms with van der Waals surface area (Å²) >= 11 is 0. The van der Waals surface area contributed by atoms with Crippen LogP contribution in [0.5, 0.6) is 5.75 Å². The minimum atomic E-state index is 0.413. The molecule has 0 aliphatic heterocycles. The lowest BCUT2D eigenvalue weighted by Crippen LogP contribution is -3.06. The van der Waals surface area contributed by atoms with E-state index in [1.807, 2.05) is 12.1 Å². The van der Waals surface area contributed by atoms with Crippen molar-refractivity contribution >= 4 is 0 Å². The van der Waals surface area contributed by atoms with E-state index in [9.17, 15) is 5.11 Å². The molecule has 0 spiro atoms. The second-order valence-corrected chi connectivity index (χ2v) is 7.19. The normalized spacial score (nSPS) is 26.2. The van der Waals surface area contributed by atoms with Gasteiger partial charge in [-0.05, 0) is 48.8 Å². The van der Waals surface area contributed by atoms with E-state index < -0.39 is 0 Å². The van der Waals surface area contributed by atoms with E-state index in [1.54, 1.807) is 11.0 Å². The van der Waals surface area contributed by atoms with Gasteiger partial charge in [0.05, 0.1) is 20.6 Å². The number of phenolic OH excluding ortho intramolecular Hbond substituents is 1. The van der Waals surface area contributed by atoms with Crippen LogP contribution in [0.1, 0.15) is 56.9 Å². The molecule has 0 aromatic heterocycles. The minimum absolute atomic E-state index is 0.413. The third kappa shape index (κ3) is 4.74. The largest absolute Gasteiger partial charge is 0.508 e. The first-order valence-electron chi connectivity index (χ1n) is 8.68. The Labute approximate surface area is 130 Å². The molecule has 0 heterocycles. The third-order valence-electron chi connectivity index (χ3n) is 5.03. The number of hydrogen-bond acceptors (Lipinski definition) is 1. The zero-order valence-corrected chi connectivity index (χ0v) is 13.9. The first-order chi connectivity index (χ1) is 10.1. The van der Waals surface area contributed by atoms with Gasteiger partial charge >= 0.3 is 0 Å². The molecular formula is C19H32NO+. The van der Waals surface area contributed by atoms with E-state index in [0.717, 1.165) is 11.8 Å². The minimum Gasteiger partial charge on any atom is -0.508 e. The first-order valence-corrected chi connectivity index (χ1v) is 8.68. The van der Waals surface area contributed by atoms with Crippen LogP contribution in [0.4, 0.5) is 0 Å². The van der Waals surface area contributed by atoms with Crippen molar-refractivity contribution in [2.75, 3.05) is 20.6 Å². The zero-order chi connectivity index (χ0) is 15.2. The maximum atomic E-state index is 9.77. The van der Waals surface area contributed by atoms with E-state index in [-0.39, 0.29) is 0 Å². The Balaban J connectivity index is 2.08. The molecule has 0 radical (unpaired) electrons. The summed E-state index contributed by atoms with van der Waals surface area (Å²) in [5.41, 5.74) is 1.34. The van der Waals surface area contributed by atoms with Crippen molar-refractivity contribution in [3.63, 3.8) is 0 Å².